The molecule has 0 saturated heterocycles. The van der Waals surface area contributed by atoms with Crippen molar-refractivity contribution in [3.8, 4) is 0 Å². The van der Waals surface area contributed by atoms with Crippen molar-refractivity contribution in [2.75, 3.05) is 7.05 Å². The predicted molar refractivity (Wildman–Crippen MR) is 81.5 cm³/mol. The molecule has 2 aromatic rings. The summed E-state index contributed by atoms with van der Waals surface area (Å²) < 4.78 is 7.07. The van der Waals surface area contributed by atoms with Crippen LogP contribution >= 0.6 is 0 Å². The number of amides is 1. The second-order valence-corrected chi connectivity index (χ2v) is 6.38. The van der Waals surface area contributed by atoms with E-state index in [0.29, 0.717) is 24.0 Å². The largest absolute Gasteiger partial charge is 0.359 e. The topological polar surface area (TPSA) is 89.9 Å². The fourth-order valence-electron chi connectivity index (χ4n) is 2.85. The lowest BCUT2D eigenvalue weighted by atomic mass is 10.0. The Balaban J connectivity index is 1.72. The van der Waals surface area contributed by atoms with Crippen LogP contribution in [0.1, 0.15) is 62.2 Å². The van der Waals surface area contributed by atoms with Crippen LogP contribution in [0.5, 0.6) is 0 Å². The molecule has 0 spiro atoms. The SMILES string of the molecule is CC(C)c1cc(CN(C)C(=O)[C@H]2CCCCn3nnnc32)on1. The molecule has 3 rings (SSSR count). The average Bonchev–Trinajstić information content (AvgIpc) is 3.13. The third kappa shape index (κ3) is 3.25. The second kappa shape index (κ2) is 6.47. The minimum atomic E-state index is -0.287. The Labute approximate surface area is 134 Å². The first-order valence-corrected chi connectivity index (χ1v) is 8.02. The number of likely N-dealkylation sites (N-methyl/N-ethyl adjacent to an activating group) is 1. The lowest BCUT2D eigenvalue weighted by Crippen LogP contribution is -2.32. The van der Waals surface area contributed by atoms with Gasteiger partial charge in [0.25, 0.3) is 0 Å². The Morgan fingerprint density at radius 1 is 1.48 bits per heavy atom. The molecule has 0 unspecified atom stereocenters. The molecule has 1 amide bonds. The van der Waals surface area contributed by atoms with Crippen molar-refractivity contribution in [2.24, 2.45) is 0 Å². The Bertz CT molecular complexity index is 677. The van der Waals surface area contributed by atoms with Gasteiger partial charge >= 0.3 is 0 Å². The van der Waals surface area contributed by atoms with Crippen LogP contribution in [0.25, 0.3) is 0 Å². The molecule has 8 heteroatoms. The first-order valence-electron chi connectivity index (χ1n) is 8.02. The van der Waals surface area contributed by atoms with Gasteiger partial charge in [-0.2, -0.15) is 0 Å². The molecule has 1 atom stereocenters. The maximum atomic E-state index is 12.8. The highest BCUT2D eigenvalue weighted by atomic mass is 16.5. The highest BCUT2D eigenvalue weighted by Crippen LogP contribution is 2.26. The van der Waals surface area contributed by atoms with E-state index in [4.69, 9.17) is 4.52 Å². The molecule has 0 saturated carbocycles. The van der Waals surface area contributed by atoms with Crippen LogP contribution in [0.2, 0.25) is 0 Å². The van der Waals surface area contributed by atoms with Crippen LogP contribution in [-0.4, -0.2) is 43.2 Å². The summed E-state index contributed by atoms with van der Waals surface area (Å²) in [7, 11) is 1.78. The highest BCUT2D eigenvalue weighted by molar-refractivity contribution is 5.82. The number of hydrogen-bond acceptors (Lipinski definition) is 6. The lowest BCUT2D eigenvalue weighted by molar-refractivity contribution is -0.132. The maximum absolute atomic E-state index is 12.8. The molecule has 8 nitrogen and oxygen atoms in total. The minimum absolute atomic E-state index is 0.0189. The first kappa shape index (κ1) is 15.6. The van der Waals surface area contributed by atoms with Crippen LogP contribution in [0, 0.1) is 0 Å². The number of fused-ring (bicyclic) bond motifs is 1. The zero-order chi connectivity index (χ0) is 16.4. The Morgan fingerprint density at radius 3 is 3.04 bits per heavy atom. The molecule has 2 aromatic heterocycles. The van der Waals surface area contributed by atoms with Crippen molar-refractivity contribution in [1.82, 2.24) is 30.3 Å². The smallest absolute Gasteiger partial charge is 0.233 e. The van der Waals surface area contributed by atoms with E-state index >= 15 is 0 Å². The fraction of sp³-hybridized carbons (Fsp3) is 0.667. The third-order valence-electron chi connectivity index (χ3n) is 4.22. The number of nitrogens with zero attached hydrogens (tertiary/aromatic N) is 6. The van der Waals surface area contributed by atoms with Gasteiger partial charge in [-0.3, -0.25) is 4.79 Å². The van der Waals surface area contributed by atoms with Gasteiger partial charge in [0.15, 0.2) is 11.6 Å². The van der Waals surface area contributed by atoms with Gasteiger partial charge in [-0.15, -0.1) is 5.10 Å². The minimum Gasteiger partial charge on any atom is -0.359 e. The van der Waals surface area contributed by atoms with Gasteiger partial charge in [0.2, 0.25) is 5.91 Å². The van der Waals surface area contributed by atoms with Gasteiger partial charge in [-0.1, -0.05) is 25.4 Å². The lowest BCUT2D eigenvalue weighted by Gasteiger charge is -2.20. The highest BCUT2D eigenvalue weighted by Gasteiger charge is 2.31. The summed E-state index contributed by atoms with van der Waals surface area (Å²) >= 11 is 0. The van der Waals surface area contributed by atoms with Crippen LogP contribution < -0.4 is 0 Å². The standard InChI is InChI=1S/C15H22N6O2/c1-10(2)13-8-11(23-17-13)9-20(3)15(22)12-6-4-5-7-21-14(12)16-18-19-21/h8,10,12H,4-7,9H2,1-3H3/t12-/m0/s1. The molecule has 0 aliphatic carbocycles. The predicted octanol–water partition coefficient (Wildman–Crippen LogP) is 1.71. The number of carbonyl (C=O) groups is 1. The van der Waals surface area contributed by atoms with Crippen LogP contribution in [0.4, 0.5) is 0 Å². The molecule has 0 radical (unpaired) electrons. The monoisotopic (exact) mass is 318 g/mol. The Hall–Kier alpha value is -2.25. The van der Waals surface area contributed by atoms with Gasteiger partial charge in [0.05, 0.1) is 18.2 Å². The van der Waals surface area contributed by atoms with Gasteiger partial charge in [0, 0.05) is 19.7 Å². The summed E-state index contributed by atoms with van der Waals surface area (Å²) in [6.07, 6.45) is 2.75. The molecular formula is C15H22N6O2. The van der Waals surface area contributed by atoms with Crippen molar-refractivity contribution in [1.29, 1.82) is 0 Å². The molecule has 0 fully saturated rings. The summed E-state index contributed by atoms with van der Waals surface area (Å²) in [5.41, 5.74) is 0.902. The van der Waals surface area contributed by atoms with Crippen LogP contribution in [-0.2, 0) is 17.9 Å². The molecule has 1 aliphatic rings. The van der Waals surface area contributed by atoms with E-state index in [1.165, 1.54) is 0 Å². The number of carbonyl (C=O) groups excluding carboxylic acids is 1. The van der Waals surface area contributed by atoms with E-state index in [1.54, 1.807) is 16.6 Å². The Morgan fingerprint density at radius 2 is 2.30 bits per heavy atom. The second-order valence-electron chi connectivity index (χ2n) is 6.38. The van der Waals surface area contributed by atoms with Gasteiger partial charge < -0.3 is 9.42 Å². The van der Waals surface area contributed by atoms with Gasteiger partial charge in [0.1, 0.15) is 0 Å². The number of rotatable bonds is 4. The van der Waals surface area contributed by atoms with Gasteiger partial charge in [-0.25, -0.2) is 4.68 Å². The molecular weight excluding hydrogens is 296 g/mol. The molecule has 124 valence electrons. The van der Waals surface area contributed by atoms with Crippen LogP contribution in [0.15, 0.2) is 10.6 Å². The van der Waals surface area contributed by atoms with Crippen molar-refractivity contribution in [3.05, 3.63) is 23.3 Å². The number of tetrazole rings is 1. The number of aromatic nitrogens is 5. The van der Waals surface area contributed by atoms with Crippen LogP contribution in [0.3, 0.4) is 0 Å². The summed E-state index contributed by atoms with van der Waals surface area (Å²) in [5, 5.41) is 15.8. The van der Waals surface area contributed by atoms with Crippen molar-refractivity contribution in [2.45, 2.75) is 58.0 Å². The molecule has 1 aliphatic heterocycles. The summed E-state index contributed by atoms with van der Waals surface area (Å²) in [5.74, 6) is 1.40. The summed E-state index contributed by atoms with van der Waals surface area (Å²) in [6.45, 7) is 5.29. The van der Waals surface area contributed by atoms with E-state index < -0.39 is 0 Å². The summed E-state index contributed by atoms with van der Waals surface area (Å²) in [6, 6.07) is 1.91. The summed E-state index contributed by atoms with van der Waals surface area (Å²) in [4.78, 5) is 14.5. The van der Waals surface area contributed by atoms with Crippen molar-refractivity contribution in [3.63, 3.8) is 0 Å². The molecule has 0 bridgehead atoms. The first-order chi connectivity index (χ1) is 11.1. The normalized spacial score (nSPS) is 17.8. The average molecular weight is 318 g/mol. The van der Waals surface area contributed by atoms with Gasteiger partial charge in [-0.05, 0) is 29.2 Å². The van der Waals surface area contributed by atoms with Crippen molar-refractivity contribution < 1.29 is 9.32 Å². The molecule has 0 aromatic carbocycles. The van der Waals surface area contributed by atoms with E-state index in [9.17, 15) is 4.79 Å². The van der Waals surface area contributed by atoms with Crippen molar-refractivity contribution >= 4 is 5.91 Å². The molecule has 0 N–H and O–H groups in total. The zero-order valence-electron chi connectivity index (χ0n) is 13.8. The number of aryl methyl sites for hydroxylation is 1. The molecule has 23 heavy (non-hydrogen) atoms. The van der Waals surface area contributed by atoms with E-state index in [1.807, 2.05) is 6.07 Å². The number of hydrogen-bond donors (Lipinski definition) is 0. The fourth-order valence-corrected chi connectivity index (χ4v) is 2.85. The van der Waals surface area contributed by atoms with E-state index in [2.05, 4.69) is 34.5 Å². The maximum Gasteiger partial charge on any atom is 0.233 e. The van der Waals surface area contributed by atoms with E-state index in [-0.39, 0.29) is 11.8 Å². The molecule has 3 heterocycles. The van der Waals surface area contributed by atoms with E-state index in [0.717, 1.165) is 31.5 Å². The zero-order valence-corrected chi connectivity index (χ0v) is 13.8. The third-order valence-corrected chi connectivity index (χ3v) is 4.22. The quantitative estimate of drug-likeness (QED) is 0.852. The Kier molecular flexibility index (Phi) is 4.40.